The smallest absolute Gasteiger partial charge is 0.275 e. The largest absolute Gasteiger partial charge is 0.352 e. The molecule has 0 spiro atoms. The second-order valence-electron chi connectivity index (χ2n) is 3.91. The molecule has 17 heavy (non-hydrogen) atoms. The van der Waals surface area contributed by atoms with Crippen LogP contribution in [0.2, 0.25) is 0 Å². The van der Waals surface area contributed by atoms with Crippen molar-refractivity contribution in [2.45, 2.75) is 6.54 Å². The quantitative estimate of drug-likeness (QED) is 0.807. The number of anilines is 1. The molecular formula is C12H12N4O. The van der Waals surface area contributed by atoms with Crippen molar-refractivity contribution in [2.75, 3.05) is 12.0 Å². The molecule has 1 amide bonds. The van der Waals surface area contributed by atoms with Gasteiger partial charge >= 0.3 is 0 Å². The van der Waals surface area contributed by atoms with Crippen LogP contribution in [0.15, 0.2) is 36.7 Å². The van der Waals surface area contributed by atoms with Crippen LogP contribution in [0.3, 0.4) is 0 Å². The van der Waals surface area contributed by atoms with E-state index in [1.807, 2.05) is 22.8 Å². The molecule has 5 nitrogen and oxygen atoms in total. The van der Waals surface area contributed by atoms with Crippen LogP contribution >= 0.6 is 0 Å². The summed E-state index contributed by atoms with van der Waals surface area (Å²) in [7, 11) is 0. The number of carbonyl (C=O) groups excluding carboxylic acids is 1. The number of rotatable bonds is 2. The lowest BCUT2D eigenvalue weighted by molar-refractivity contribution is 0.0948. The second kappa shape index (κ2) is 3.93. The van der Waals surface area contributed by atoms with Gasteiger partial charge in [-0.25, -0.2) is 4.98 Å². The highest BCUT2D eigenvalue weighted by Crippen LogP contribution is 2.18. The first-order chi connectivity index (χ1) is 8.34. The first-order valence-electron chi connectivity index (χ1n) is 5.46. The third-order valence-corrected chi connectivity index (χ3v) is 2.75. The molecule has 1 aromatic heterocycles. The molecule has 0 fully saturated rings. The number of imidazole rings is 1. The molecule has 0 atom stereocenters. The van der Waals surface area contributed by atoms with Gasteiger partial charge in [0, 0.05) is 0 Å². The third kappa shape index (κ3) is 1.75. The van der Waals surface area contributed by atoms with Gasteiger partial charge in [0.1, 0.15) is 5.82 Å². The van der Waals surface area contributed by atoms with Gasteiger partial charge in [-0.15, -0.1) is 0 Å². The summed E-state index contributed by atoms with van der Waals surface area (Å²) >= 11 is 0. The van der Waals surface area contributed by atoms with Crippen LogP contribution in [-0.2, 0) is 6.54 Å². The van der Waals surface area contributed by atoms with E-state index < -0.39 is 0 Å². The maximum Gasteiger partial charge on any atom is 0.275 e. The van der Waals surface area contributed by atoms with Crippen molar-refractivity contribution in [1.29, 1.82) is 0 Å². The standard InChI is InChI=1S/C12H12N4O/c17-12-10-11(13-7-14-12)16(8-15-10)6-9-4-2-1-3-5-9/h1-5,8,13H,6-7H2,(H,14,17). The Bertz CT molecular complexity index is 547. The molecule has 0 radical (unpaired) electrons. The van der Waals surface area contributed by atoms with Crippen molar-refractivity contribution in [3.8, 4) is 0 Å². The van der Waals surface area contributed by atoms with Gasteiger partial charge < -0.3 is 15.2 Å². The Morgan fingerprint density at radius 1 is 1.24 bits per heavy atom. The van der Waals surface area contributed by atoms with Crippen molar-refractivity contribution >= 4 is 11.7 Å². The van der Waals surface area contributed by atoms with Gasteiger partial charge in [0.05, 0.1) is 19.5 Å². The van der Waals surface area contributed by atoms with E-state index >= 15 is 0 Å². The van der Waals surface area contributed by atoms with Gasteiger partial charge in [0.25, 0.3) is 5.91 Å². The van der Waals surface area contributed by atoms with Crippen molar-refractivity contribution in [1.82, 2.24) is 14.9 Å². The average molecular weight is 228 g/mol. The lowest BCUT2D eigenvalue weighted by Gasteiger charge is -2.16. The number of hydrogen-bond acceptors (Lipinski definition) is 3. The Morgan fingerprint density at radius 2 is 2.06 bits per heavy atom. The maximum atomic E-state index is 11.5. The molecule has 1 aliphatic rings. The zero-order valence-corrected chi connectivity index (χ0v) is 9.18. The van der Waals surface area contributed by atoms with Crippen LogP contribution in [0, 0.1) is 0 Å². The molecule has 0 bridgehead atoms. The number of carbonyl (C=O) groups is 1. The number of benzene rings is 1. The summed E-state index contributed by atoms with van der Waals surface area (Å²) in [6, 6.07) is 10.1. The van der Waals surface area contributed by atoms with Crippen LogP contribution in [-0.4, -0.2) is 22.1 Å². The molecule has 1 aromatic carbocycles. The first-order valence-corrected chi connectivity index (χ1v) is 5.46. The number of hydrogen-bond donors (Lipinski definition) is 2. The van der Waals surface area contributed by atoms with E-state index in [9.17, 15) is 4.79 Å². The van der Waals surface area contributed by atoms with Gasteiger partial charge in [-0.2, -0.15) is 0 Å². The molecule has 0 saturated heterocycles. The van der Waals surface area contributed by atoms with E-state index in [0.29, 0.717) is 18.9 Å². The number of aromatic nitrogens is 2. The Balaban J connectivity index is 1.92. The highest BCUT2D eigenvalue weighted by atomic mass is 16.2. The predicted molar refractivity (Wildman–Crippen MR) is 63.7 cm³/mol. The van der Waals surface area contributed by atoms with Crippen molar-refractivity contribution < 1.29 is 4.79 Å². The van der Waals surface area contributed by atoms with Crippen LogP contribution in [0.25, 0.3) is 0 Å². The van der Waals surface area contributed by atoms with Gasteiger partial charge in [-0.1, -0.05) is 30.3 Å². The van der Waals surface area contributed by atoms with Crippen molar-refractivity contribution in [2.24, 2.45) is 0 Å². The van der Waals surface area contributed by atoms with Gasteiger partial charge in [-0.05, 0) is 5.56 Å². The van der Waals surface area contributed by atoms with Gasteiger partial charge in [0.2, 0.25) is 0 Å². The molecule has 2 aromatic rings. The molecule has 0 saturated carbocycles. The lowest BCUT2D eigenvalue weighted by Crippen LogP contribution is -2.35. The molecule has 0 aliphatic carbocycles. The van der Waals surface area contributed by atoms with E-state index in [1.165, 1.54) is 5.56 Å². The number of fused-ring (bicyclic) bond motifs is 1. The highest BCUT2D eigenvalue weighted by Gasteiger charge is 2.21. The first kappa shape index (κ1) is 9.89. The number of nitrogens with one attached hydrogen (secondary N) is 2. The van der Waals surface area contributed by atoms with E-state index in [-0.39, 0.29) is 5.91 Å². The van der Waals surface area contributed by atoms with Crippen LogP contribution in [0.5, 0.6) is 0 Å². The molecule has 2 N–H and O–H groups in total. The Morgan fingerprint density at radius 3 is 2.88 bits per heavy atom. The van der Waals surface area contributed by atoms with E-state index in [4.69, 9.17) is 0 Å². The van der Waals surface area contributed by atoms with Gasteiger partial charge in [-0.3, -0.25) is 4.79 Å². The summed E-state index contributed by atoms with van der Waals surface area (Å²) in [4.78, 5) is 15.6. The summed E-state index contributed by atoms with van der Waals surface area (Å²) in [6.45, 7) is 1.16. The van der Waals surface area contributed by atoms with E-state index in [0.717, 1.165) is 5.82 Å². The summed E-state index contributed by atoms with van der Waals surface area (Å²) in [6.07, 6.45) is 1.69. The number of amides is 1. The minimum Gasteiger partial charge on any atom is -0.352 e. The zero-order valence-electron chi connectivity index (χ0n) is 9.18. The van der Waals surface area contributed by atoms with E-state index in [2.05, 4.69) is 27.8 Å². The monoisotopic (exact) mass is 228 g/mol. The summed E-state index contributed by atoms with van der Waals surface area (Å²) in [5.41, 5.74) is 1.65. The Kier molecular flexibility index (Phi) is 2.29. The zero-order chi connectivity index (χ0) is 11.7. The molecule has 5 heteroatoms. The fraction of sp³-hybridized carbons (Fsp3) is 0.167. The molecule has 2 heterocycles. The fourth-order valence-corrected chi connectivity index (χ4v) is 1.93. The Hall–Kier alpha value is -2.30. The van der Waals surface area contributed by atoms with Crippen LogP contribution < -0.4 is 10.6 Å². The molecule has 3 rings (SSSR count). The summed E-state index contributed by atoms with van der Waals surface area (Å²) in [5, 5.41) is 5.82. The van der Waals surface area contributed by atoms with Crippen LogP contribution in [0.4, 0.5) is 5.82 Å². The average Bonchev–Trinajstić information content (AvgIpc) is 2.76. The summed E-state index contributed by atoms with van der Waals surface area (Å²) < 4.78 is 1.95. The van der Waals surface area contributed by atoms with Crippen molar-refractivity contribution in [3.05, 3.63) is 47.9 Å². The normalized spacial score (nSPS) is 13.8. The summed E-state index contributed by atoms with van der Waals surface area (Å²) in [5.74, 6) is 0.670. The fourth-order valence-electron chi connectivity index (χ4n) is 1.93. The van der Waals surface area contributed by atoms with Crippen molar-refractivity contribution in [3.63, 3.8) is 0 Å². The highest BCUT2D eigenvalue weighted by molar-refractivity contribution is 5.98. The Labute approximate surface area is 98.5 Å². The van der Waals surface area contributed by atoms with E-state index in [1.54, 1.807) is 6.33 Å². The lowest BCUT2D eigenvalue weighted by atomic mass is 10.2. The van der Waals surface area contributed by atoms with Gasteiger partial charge in [0.15, 0.2) is 5.69 Å². The topological polar surface area (TPSA) is 59.0 Å². The molecular weight excluding hydrogens is 216 g/mol. The third-order valence-electron chi connectivity index (χ3n) is 2.75. The minimum atomic E-state index is -0.120. The number of nitrogens with zero attached hydrogens (tertiary/aromatic N) is 2. The molecule has 86 valence electrons. The van der Waals surface area contributed by atoms with Crippen LogP contribution in [0.1, 0.15) is 16.1 Å². The molecule has 0 unspecified atom stereocenters. The second-order valence-corrected chi connectivity index (χ2v) is 3.91. The minimum absolute atomic E-state index is 0.120. The SMILES string of the molecule is O=C1NCNc2c1ncn2Cc1ccccc1. The molecule has 1 aliphatic heterocycles. The predicted octanol–water partition coefficient (Wildman–Crippen LogP) is 1.04. The maximum absolute atomic E-state index is 11.5.